The van der Waals surface area contributed by atoms with E-state index in [1.54, 1.807) is 17.0 Å². The van der Waals surface area contributed by atoms with Crippen LogP contribution in [0, 0.1) is 5.92 Å². The highest BCUT2D eigenvalue weighted by Gasteiger charge is 2.10. The Morgan fingerprint density at radius 3 is 2.74 bits per heavy atom. The van der Waals surface area contributed by atoms with Crippen LogP contribution in [0.2, 0.25) is 0 Å². The van der Waals surface area contributed by atoms with E-state index in [1.165, 1.54) is 0 Å². The second-order valence-electron chi connectivity index (χ2n) is 5.31. The van der Waals surface area contributed by atoms with Crippen molar-refractivity contribution in [3.63, 3.8) is 0 Å². The van der Waals surface area contributed by atoms with Crippen molar-refractivity contribution in [3.8, 4) is 0 Å². The summed E-state index contributed by atoms with van der Waals surface area (Å²) in [4.78, 5) is 18.3. The van der Waals surface area contributed by atoms with Gasteiger partial charge < -0.3 is 14.6 Å². The van der Waals surface area contributed by atoms with Crippen molar-refractivity contribution in [2.75, 3.05) is 25.1 Å². The molecule has 0 atom stereocenters. The quantitative estimate of drug-likeness (QED) is 0.725. The van der Waals surface area contributed by atoms with Gasteiger partial charge in [-0.1, -0.05) is 13.8 Å². The minimum Gasteiger partial charge on any atom is -0.396 e. The summed E-state index contributed by atoms with van der Waals surface area (Å²) in [6.07, 6.45) is 6.16. The number of hydrogen-bond donors (Lipinski definition) is 1. The van der Waals surface area contributed by atoms with Crippen molar-refractivity contribution in [2.45, 2.75) is 39.7 Å². The lowest BCUT2D eigenvalue weighted by Gasteiger charge is -2.18. The summed E-state index contributed by atoms with van der Waals surface area (Å²) in [5.41, 5.74) is -0.0270. The molecule has 0 amide bonds. The topological polar surface area (TPSA) is 58.4 Å². The first-order valence-electron chi connectivity index (χ1n) is 6.93. The summed E-state index contributed by atoms with van der Waals surface area (Å²) in [5, 5.41) is 8.73. The van der Waals surface area contributed by atoms with Crippen LogP contribution >= 0.6 is 0 Å². The average molecular weight is 267 g/mol. The second kappa shape index (κ2) is 7.94. The Morgan fingerprint density at radius 2 is 2.11 bits per heavy atom. The first-order chi connectivity index (χ1) is 9.06. The Morgan fingerprint density at radius 1 is 1.37 bits per heavy atom. The van der Waals surface area contributed by atoms with Crippen LogP contribution in [0.15, 0.2) is 17.2 Å². The Hall–Kier alpha value is -1.36. The molecule has 108 valence electrons. The number of aliphatic hydroxyl groups excluding tert-OH is 1. The molecule has 0 bridgehead atoms. The largest absolute Gasteiger partial charge is 0.396 e. The normalized spacial score (nSPS) is 11.0. The molecular formula is C14H25N3O2. The van der Waals surface area contributed by atoms with E-state index in [0.29, 0.717) is 18.3 Å². The van der Waals surface area contributed by atoms with Gasteiger partial charge in [0.05, 0.1) is 0 Å². The number of anilines is 1. The summed E-state index contributed by atoms with van der Waals surface area (Å²) in [6.45, 7) is 5.91. The van der Waals surface area contributed by atoms with Gasteiger partial charge in [-0.05, 0) is 25.2 Å². The molecule has 0 saturated carbocycles. The van der Waals surface area contributed by atoms with Gasteiger partial charge in [-0.2, -0.15) is 0 Å². The summed E-state index contributed by atoms with van der Waals surface area (Å²) in [7, 11) is 1.89. The van der Waals surface area contributed by atoms with E-state index in [9.17, 15) is 4.79 Å². The molecule has 0 aliphatic carbocycles. The van der Waals surface area contributed by atoms with Gasteiger partial charge in [-0.25, -0.2) is 4.98 Å². The number of aromatic nitrogens is 2. The number of nitrogens with zero attached hydrogens (tertiary/aromatic N) is 3. The summed E-state index contributed by atoms with van der Waals surface area (Å²) in [5.74, 6) is 0.940. The summed E-state index contributed by atoms with van der Waals surface area (Å²) >= 11 is 0. The number of rotatable bonds is 8. The maximum atomic E-state index is 12.3. The van der Waals surface area contributed by atoms with Crippen LogP contribution in [0.25, 0.3) is 0 Å². The van der Waals surface area contributed by atoms with Crippen LogP contribution in [0.4, 0.5) is 5.82 Å². The lowest BCUT2D eigenvalue weighted by molar-refractivity contribution is 0.283. The third-order valence-corrected chi connectivity index (χ3v) is 2.97. The van der Waals surface area contributed by atoms with Crippen LogP contribution in [0.3, 0.4) is 0 Å². The number of hydrogen-bond acceptors (Lipinski definition) is 4. The zero-order valence-electron chi connectivity index (χ0n) is 12.2. The van der Waals surface area contributed by atoms with Crippen molar-refractivity contribution >= 4 is 5.82 Å². The van der Waals surface area contributed by atoms with Crippen molar-refractivity contribution < 1.29 is 5.11 Å². The molecule has 0 aromatic carbocycles. The van der Waals surface area contributed by atoms with E-state index in [0.717, 1.165) is 25.8 Å². The molecule has 5 heteroatoms. The van der Waals surface area contributed by atoms with Crippen molar-refractivity contribution in [1.82, 2.24) is 9.55 Å². The molecule has 0 radical (unpaired) electrons. The molecule has 1 heterocycles. The molecular weight excluding hydrogens is 242 g/mol. The van der Waals surface area contributed by atoms with Crippen molar-refractivity contribution in [1.29, 1.82) is 0 Å². The van der Waals surface area contributed by atoms with Gasteiger partial charge in [0.25, 0.3) is 5.56 Å². The van der Waals surface area contributed by atoms with Gasteiger partial charge in [-0.15, -0.1) is 0 Å². The molecule has 0 unspecified atom stereocenters. The fourth-order valence-electron chi connectivity index (χ4n) is 1.98. The third-order valence-electron chi connectivity index (χ3n) is 2.97. The highest BCUT2D eigenvalue weighted by molar-refractivity contribution is 5.34. The van der Waals surface area contributed by atoms with Gasteiger partial charge in [0, 0.05) is 39.1 Å². The summed E-state index contributed by atoms with van der Waals surface area (Å²) in [6, 6.07) is 0. The minimum absolute atomic E-state index is 0.0270. The third kappa shape index (κ3) is 5.03. The van der Waals surface area contributed by atoms with Crippen LogP contribution in [0.5, 0.6) is 0 Å². The predicted octanol–water partition coefficient (Wildman–Crippen LogP) is 1.50. The molecule has 1 aromatic heterocycles. The van der Waals surface area contributed by atoms with Gasteiger partial charge in [0.1, 0.15) is 0 Å². The first kappa shape index (κ1) is 15.7. The van der Waals surface area contributed by atoms with Crippen molar-refractivity contribution in [2.24, 2.45) is 5.92 Å². The number of aliphatic hydroxyl groups is 1. The Bertz CT molecular complexity index is 429. The molecule has 0 saturated heterocycles. The second-order valence-corrected chi connectivity index (χ2v) is 5.31. The van der Waals surface area contributed by atoms with E-state index in [2.05, 4.69) is 18.8 Å². The van der Waals surface area contributed by atoms with Crippen molar-refractivity contribution in [3.05, 3.63) is 22.7 Å². The Labute approximate surface area is 114 Å². The summed E-state index contributed by atoms with van der Waals surface area (Å²) < 4.78 is 1.72. The smallest absolute Gasteiger partial charge is 0.293 e. The van der Waals surface area contributed by atoms with Crippen LogP contribution in [-0.2, 0) is 6.54 Å². The van der Waals surface area contributed by atoms with Gasteiger partial charge in [-0.3, -0.25) is 4.79 Å². The molecule has 0 fully saturated rings. The van der Waals surface area contributed by atoms with Crippen LogP contribution < -0.4 is 10.5 Å². The van der Waals surface area contributed by atoms with Crippen LogP contribution in [-0.4, -0.2) is 34.9 Å². The standard InChI is InChI=1S/C14H25N3O2/c1-12(2)11-17-9-7-15-13(14(17)19)16(3)8-5-4-6-10-18/h7,9,12,18H,4-6,8,10-11H2,1-3H3. The monoisotopic (exact) mass is 267 g/mol. The highest BCUT2D eigenvalue weighted by atomic mass is 16.2. The van der Waals surface area contributed by atoms with E-state index in [1.807, 2.05) is 11.9 Å². The SMILES string of the molecule is CC(C)Cn1ccnc(N(C)CCCCCO)c1=O. The van der Waals surface area contributed by atoms with Gasteiger partial charge >= 0.3 is 0 Å². The lowest BCUT2D eigenvalue weighted by atomic mass is 10.2. The fourth-order valence-corrected chi connectivity index (χ4v) is 1.98. The Balaban J connectivity index is 2.69. The van der Waals surface area contributed by atoms with Crippen LogP contribution in [0.1, 0.15) is 33.1 Å². The lowest BCUT2D eigenvalue weighted by Crippen LogP contribution is -2.32. The van der Waals surface area contributed by atoms with E-state index in [-0.39, 0.29) is 12.2 Å². The molecule has 5 nitrogen and oxygen atoms in total. The molecule has 1 rings (SSSR count). The van der Waals surface area contributed by atoms with Gasteiger partial charge in [0.2, 0.25) is 0 Å². The van der Waals surface area contributed by atoms with E-state index < -0.39 is 0 Å². The molecule has 1 aromatic rings. The molecule has 0 aliphatic heterocycles. The average Bonchev–Trinajstić information content (AvgIpc) is 2.36. The van der Waals surface area contributed by atoms with Gasteiger partial charge in [0.15, 0.2) is 5.82 Å². The zero-order valence-corrected chi connectivity index (χ0v) is 12.2. The predicted molar refractivity (Wildman–Crippen MR) is 77.5 cm³/mol. The first-order valence-corrected chi connectivity index (χ1v) is 6.93. The maximum Gasteiger partial charge on any atom is 0.293 e. The molecule has 0 aliphatic rings. The van der Waals surface area contributed by atoms with E-state index >= 15 is 0 Å². The molecule has 19 heavy (non-hydrogen) atoms. The minimum atomic E-state index is -0.0270. The van der Waals surface area contributed by atoms with E-state index in [4.69, 9.17) is 5.11 Å². The number of unbranched alkanes of at least 4 members (excludes halogenated alkanes) is 2. The molecule has 0 spiro atoms. The zero-order chi connectivity index (χ0) is 14.3. The fraction of sp³-hybridized carbons (Fsp3) is 0.714. The molecule has 1 N–H and O–H groups in total. The maximum absolute atomic E-state index is 12.3. The highest BCUT2D eigenvalue weighted by Crippen LogP contribution is 2.05. The Kier molecular flexibility index (Phi) is 6.56.